The molecule has 1 aliphatic heterocycles. The Bertz CT molecular complexity index is 677. The first-order chi connectivity index (χ1) is 11.6. The van der Waals surface area contributed by atoms with Crippen LogP contribution in [-0.4, -0.2) is 22.5 Å². The van der Waals surface area contributed by atoms with Gasteiger partial charge in [0.25, 0.3) is 0 Å². The van der Waals surface area contributed by atoms with E-state index in [1.165, 1.54) is 4.90 Å². The van der Waals surface area contributed by atoms with Gasteiger partial charge in [-0.15, -0.1) is 0 Å². The number of amides is 2. The summed E-state index contributed by atoms with van der Waals surface area (Å²) in [5.41, 5.74) is 1.58. The van der Waals surface area contributed by atoms with Crippen LogP contribution in [0.4, 0.5) is 0 Å². The summed E-state index contributed by atoms with van der Waals surface area (Å²) in [5, 5.41) is 0. The predicted molar refractivity (Wildman–Crippen MR) is 90.8 cm³/mol. The molecule has 2 amide bonds. The highest BCUT2D eigenvalue weighted by molar-refractivity contribution is 6.22. The van der Waals surface area contributed by atoms with Crippen molar-refractivity contribution in [3.05, 3.63) is 47.5 Å². The maximum Gasteiger partial charge on any atom is 0.241 e. The number of Topliss-reactive ketones (excluding diaryl/α,β-unsaturated/α-hetero) is 1. The number of likely N-dealkylation sites (tertiary alicyclic amines) is 1. The third-order valence-corrected chi connectivity index (χ3v) is 4.91. The molecule has 0 aromatic heterocycles. The third-order valence-electron chi connectivity index (χ3n) is 4.91. The smallest absolute Gasteiger partial charge is 0.241 e. The van der Waals surface area contributed by atoms with Crippen molar-refractivity contribution in [3.8, 4) is 0 Å². The van der Waals surface area contributed by atoms with Crippen molar-refractivity contribution in [1.82, 2.24) is 4.90 Å². The van der Waals surface area contributed by atoms with E-state index in [-0.39, 0.29) is 24.1 Å². The van der Waals surface area contributed by atoms with E-state index in [1.807, 2.05) is 30.3 Å². The van der Waals surface area contributed by atoms with Crippen molar-refractivity contribution in [2.75, 3.05) is 0 Å². The summed E-state index contributed by atoms with van der Waals surface area (Å²) in [4.78, 5) is 38.9. The second-order valence-corrected chi connectivity index (χ2v) is 6.62. The van der Waals surface area contributed by atoms with E-state index in [4.69, 9.17) is 0 Å². The molecule has 1 fully saturated rings. The number of fused-ring (bicyclic) bond motifs is 1. The molecule has 1 heterocycles. The number of allylic oxidation sites excluding steroid dienone is 1. The molecule has 1 aromatic rings. The molecule has 1 aromatic carbocycles. The summed E-state index contributed by atoms with van der Waals surface area (Å²) >= 11 is 0. The van der Waals surface area contributed by atoms with E-state index < -0.39 is 11.8 Å². The summed E-state index contributed by atoms with van der Waals surface area (Å²) in [7, 11) is 0. The molecule has 0 radical (unpaired) electrons. The van der Waals surface area contributed by atoms with Gasteiger partial charge >= 0.3 is 0 Å². The SMILES string of the molecule is CCCCCCC1=C[C@H]2C(=O)N(Cc3ccccc3)C(=O)[C@H]2C1=O. The number of nitrogens with zero attached hydrogens (tertiary/aromatic N) is 1. The highest BCUT2D eigenvalue weighted by Gasteiger charge is 2.53. The Morgan fingerprint density at radius 3 is 2.38 bits per heavy atom. The maximum atomic E-state index is 12.6. The zero-order valence-electron chi connectivity index (χ0n) is 14.0. The van der Waals surface area contributed by atoms with E-state index in [9.17, 15) is 14.4 Å². The highest BCUT2D eigenvalue weighted by atomic mass is 16.2. The summed E-state index contributed by atoms with van der Waals surface area (Å²) < 4.78 is 0. The minimum Gasteiger partial charge on any atom is -0.294 e. The fraction of sp³-hybridized carbons (Fsp3) is 0.450. The van der Waals surface area contributed by atoms with E-state index >= 15 is 0 Å². The lowest BCUT2D eigenvalue weighted by Gasteiger charge is -2.15. The zero-order valence-corrected chi connectivity index (χ0v) is 14.0. The molecular formula is C20H23NO3. The lowest BCUT2D eigenvalue weighted by molar-refractivity contribution is -0.141. The van der Waals surface area contributed by atoms with Crippen LogP contribution in [0.3, 0.4) is 0 Å². The standard InChI is InChI=1S/C20H23NO3/c1-2-3-4-8-11-15-12-16-17(18(15)22)20(24)21(19(16)23)13-14-9-6-5-7-10-14/h5-7,9-10,12,16-17H,2-4,8,11,13H2,1H3/t16-,17-/m1/s1. The summed E-state index contributed by atoms with van der Waals surface area (Å²) in [5.74, 6) is -2.08. The van der Waals surface area contributed by atoms with Gasteiger partial charge in [-0.2, -0.15) is 0 Å². The van der Waals surface area contributed by atoms with Gasteiger partial charge in [-0.25, -0.2) is 0 Å². The van der Waals surface area contributed by atoms with Crippen molar-refractivity contribution in [2.45, 2.75) is 45.6 Å². The van der Waals surface area contributed by atoms with E-state index in [0.717, 1.165) is 31.2 Å². The van der Waals surface area contributed by atoms with Gasteiger partial charge in [0.2, 0.25) is 11.8 Å². The molecule has 0 spiro atoms. The number of benzene rings is 1. The molecule has 4 heteroatoms. The second kappa shape index (κ2) is 7.12. The molecule has 2 atom stereocenters. The lowest BCUT2D eigenvalue weighted by atomic mass is 9.96. The fourth-order valence-corrected chi connectivity index (χ4v) is 3.56. The molecule has 3 rings (SSSR count). The molecule has 1 saturated heterocycles. The molecule has 2 aliphatic rings. The van der Waals surface area contributed by atoms with Gasteiger partial charge in [0.1, 0.15) is 5.92 Å². The Hall–Kier alpha value is -2.23. The number of ketones is 1. The summed E-state index contributed by atoms with van der Waals surface area (Å²) in [6, 6.07) is 9.40. The van der Waals surface area contributed by atoms with E-state index in [0.29, 0.717) is 12.0 Å². The fourth-order valence-electron chi connectivity index (χ4n) is 3.56. The summed E-state index contributed by atoms with van der Waals surface area (Å²) in [6.45, 7) is 2.39. The Morgan fingerprint density at radius 1 is 0.958 bits per heavy atom. The monoisotopic (exact) mass is 325 g/mol. The highest BCUT2D eigenvalue weighted by Crippen LogP contribution is 2.38. The second-order valence-electron chi connectivity index (χ2n) is 6.62. The zero-order chi connectivity index (χ0) is 17.1. The largest absolute Gasteiger partial charge is 0.294 e. The average Bonchev–Trinajstić information content (AvgIpc) is 3.03. The van der Waals surface area contributed by atoms with Crippen LogP contribution in [0, 0.1) is 11.8 Å². The van der Waals surface area contributed by atoms with Gasteiger partial charge in [0.15, 0.2) is 5.78 Å². The molecule has 0 bridgehead atoms. The first-order valence-corrected chi connectivity index (χ1v) is 8.77. The molecule has 0 saturated carbocycles. The molecule has 1 aliphatic carbocycles. The third kappa shape index (κ3) is 3.05. The van der Waals surface area contributed by atoms with Gasteiger partial charge in [-0.1, -0.05) is 62.6 Å². The Morgan fingerprint density at radius 2 is 1.71 bits per heavy atom. The van der Waals surface area contributed by atoms with E-state index in [2.05, 4.69) is 6.92 Å². The maximum absolute atomic E-state index is 12.6. The predicted octanol–water partition coefficient (Wildman–Crippen LogP) is 3.27. The van der Waals surface area contributed by atoms with Crippen LogP contribution in [0.1, 0.15) is 44.6 Å². The normalized spacial score (nSPS) is 23.0. The number of rotatable bonds is 7. The average molecular weight is 325 g/mol. The minimum atomic E-state index is -0.803. The number of hydrogen-bond donors (Lipinski definition) is 0. The van der Waals surface area contributed by atoms with Crippen LogP contribution >= 0.6 is 0 Å². The molecule has 4 nitrogen and oxygen atoms in total. The first-order valence-electron chi connectivity index (χ1n) is 8.77. The molecule has 0 N–H and O–H groups in total. The van der Waals surface area contributed by atoms with Crippen LogP contribution in [0.25, 0.3) is 0 Å². The molecule has 0 unspecified atom stereocenters. The number of hydrogen-bond acceptors (Lipinski definition) is 3. The van der Waals surface area contributed by atoms with Crippen molar-refractivity contribution in [2.24, 2.45) is 11.8 Å². The topological polar surface area (TPSA) is 54.5 Å². The first kappa shape index (κ1) is 16.6. The molecule has 24 heavy (non-hydrogen) atoms. The quantitative estimate of drug-likeness (QED) is 0.439. The Balaban J connectivity index is 1.69. The minimum absolute atomic E-state index is 0.134. The van der Waals surface area contributed by atoms with Crippen molar-refractivity contribution < 1.29 is 14.4 Å². The van der Waals surface area contributed by atoms with Crippen LogP contribution in [-0.2, 0) is 20.9 Å². The van der Waals surface area contributed by atoms with Crippen LogP contribution in [0.15, 0.2) is 42.0 Å². The summed E-state index contributed by atoms with van der Waals surface area (Å²) in [6.07, 6.45) is 6.76. The van der Waals surface area contributed by atoms with Gasteiger partial charge in [-0.3, -0.25) is 19.3 Å². The van der Waals surface area contributed by atoms with Crippen molar-refractivity contribution >= 4 is 17.6 Å². The van der Waals surface area contributed by atoms with Crippen molar-refractivity contribution in [3.63, 3.8) is 0 Å². The van der Waals surface area contributed by atoms with E-state index in [1.54, 1.807) is 6.08 Å². The Labute approximate surface area is 142 Å². The number of carbonyl (C=O) groups is 3. The van der Waals surface area contributed by atoms with Gasteiger partial charge in [0.05, 0.1) is 12.5 Å². The molecule has 126 valence electrons. The van der Waals surface area contributed by atoms with Gasteiger partial charge in [-0.05, 0) is 24.0 Å². The van der Waals surface area contributed by atoms with Crippen LogP contribution in [0.5, 0.6) is 0 Å². The van der Waals surface area contributed by atoms with Crippen LogP contribution < -0.4 is 0 Å². The lowest BCUT2D eigenvalue weighted by Crippen LogP contribution is -2.32. The molecular weight excluding hydrogens is 302 g/mol. The number of imide groups is 1. The Kier molecular flexibility index (Phi) is 4.93. The van der Waals surface area contributed by atoms with Crippen molar-refractivity contribution in [1.29, 1.82) is 0 Å². The van der Waals surface area contributed by atoms with Gasteiger partial charge < -0.3 is 0 Å². The van der Waals surface area contributed by atoms with Gasteiger partial charge in [0, 0.05) is 0 Å². The number of unbranched alkanes of at least 4 members (excludes halogenated alkanes) is 3. The van der Waals surface area contributed by atoms with Crippen LogP contribution in [0.2, 0.25) is 0 Å². The number of carbonyl (C=O) groups excluding carboxylic acids is 3.